The van der Waals surface area contributed by atoms with Gasteiger partial charge in [-0.05, 0) is 48.5 Å². The van der Waals surface area contributed by atoms with Crippen LogP contribution < -0.4 is 19.1 Å². The van der Waals surface area contributed by atoms with Crippen LogP contribution in [0.5, 0.6) is 17.2 Å². The number of hydrogen-bond donors (Lipinski definition) is 2. The number of ether oxygens (including phenoxy) is 3. The highest BCUT2D eigenvalue weighted by atomic mass is 32.2. The van der Waals surface area contributed by atoms with Gasteiger partial charge in [-0.3, -0.25) is 0 Å². The fraction of sp³-hybridized carbons (Fsp3) is 0.280. The van der Waals surface area contributed by atoms with Gasteiger partial charge in [0.05, 0.1) is 47.7 Å². The van der Waals surface area contributed by atoms with Crippen LogP contribution in [0.25, 0.3) is 0 Å². The van der Waals surface area contributed by atoms with Gasteiger partial charge in [0, 0.05) is 7.05 Å². The summed E-state index contributed by atoms with van der Waals surface area (Å²) in [6.07, 6.45) is -5.89. The van der Waals surface area contributed by atoms with Crippen molar-refractivity contribution >= 4 is 21.3 Å². The molecule has 37 heavy (non-hydrogen) atoms. The van der Waals surface area contributed by atoms with E-state index in [0.717, 1.165) is 23.5 Å². The lowest BCUT2D eigenvalue weighted by molar-refractivity contribution is -0.274. The number of aliphatic hydroxyl groups excluding tert-OH is 1. The Kier molecular flexibility index (Phi) is 6.75. The Morgan fingerprint density at radius 1 is 1.00 bits per heavy atom. The van der Waals surface area contributed by atoms with Crippen molar-refractivity contribution in [1.82, 2.24) is 4.72 Å². The number of aliphatic hydroxyl groups is 1. The van der Waals surface area contributed by atoms with Crippen LogP contribution in [0.15, 0.2) is 82.1 Å². The van der Waals surface area contributed by atoms with Crippen LogP contribution in [0.1, 0.15) is 0 Å². The average Bonchev–Trinajstić information content (AvgIpc) is 2.88. The zero-order valence-electron chi connectivity index (χ0n) is 19.6. The number of rotatable bonds is 5. The number of halogens is 3. The molecule has 196 valence electrons. The van der Waals surface area contributed by atoms with Gasteiger partial charge in [-0.1, -0.05) is 24.3 Å². The molecule has 0 aliphatic carbocycles. The van der Waals surface area contributed by atoms with Crippen LogP contribution in [-0.4, -0.2) is 54.1 Å². The summed E-state index contributed by atoms with van der Waals surface area (Å²) < 4.78 is 73.9. The van der Waals surface area contributed by atoms with Gasteiger partial charge in [-0.15, -0.1) is 13.2 Å². The monoisotopic (exact) mass is 535 g/mol. The highest BCUT2D eigenvalue weighted by Crippen LogP contribution is 2.48. The molecule has 0 amide bonds. The molecular formula is C25H24F3N3O5S. The minimum absolute atomic E-state index is 0.0487. The predicted octanol–water partition coefficient (Wildman–Crippen LogP) is 4.62. The Balaban J connectivity index is 1.42. The van der Waals surface area contributed by atoms with Gasteiger partial charge in [-0.2, -0.15) is 0 Å². The molecule has 3 aromatic carbocycles. The normalized spacial score (nSPS) is 22.7. The number of para-hydroxylation sites is 4. The number of nitrogens with one attached hydrogen (secondary N) is 1. The molecule has 8 nitrogen and oxygen atoms in total. The van der Waals surface area contributed by atoms with Crippen molar-refractivity contribution < 1.29 is 36.7 Å². The largest absolute Gasteiger partial charge is 0.573 e. The molecule has 4 atom stereocenters. The molecule has 2 heterocycles. The van der Waals surface area contributed by atoms with Gasteiger partial charge >= 0.3 is 6.36 Å². The molecule has 2 aliphatic heterocycles. The highest BCUT2D eigenvalue weighted by Gasteiger charge is 2.41. The molecule has 0 aromatic heterocycles. The van der Waals surface area contributed by atoms with Crippen molar-refractivity contribution in [2.24, 2.45) is 4.36 Å². The van der Waals surface area contributed by atoms with E-state index in [-0.39, 0.29) is 18.1 Å². The molecule has 0 saturated carbocycles. The van der Waals surface area contributed by atoms with Crippen LogP contribution in [0, 0.1) is 0 Å². The van der Waals surface area contributed by atoms with Crippen LogP contribution in [0.3, 0.4) is 0 Å². The van der Waals surface area contributed by atoms with Crippen molar-refractivity contribution in [2.45, 2.75) is 29.4 Å². The van der Waals surface area contributed by atoms with E-state index in [0.29, 0.717) is 11.5 Å². The van der Waals surface area contributed by atoms with E-state index in [9.17, 15) is 22.5 Å². The number of benzene rings is 3. The van der Waals surface area contributed by atoms with E-state index in [2.05, 4.69) is 13.8 Å². The van der Waals surface area contributed by atoms with Crippen molar-refractivity contribution in [1.29, 1.82) is 0 Å². The summed E-state index contributed by atoms with van der Waals surface area (Å²) in [7, 11) is -1.99. The molecule has 0 radical (unpaired) electrons. The molecule has 1 unspecified atom stereocenters. The summed E-state index contributed by atoms with van der Waals surface area (Å²) in [5, 5.41) is 11.5. The van der Waals surface area contributed by atoms with Crippen molar-refractivity contribution in [3.05, 3.63) is 72.8 Å². The topological polar surface area (TPSA) is 92.6 Å². The fourth-order valence-electron chi connectivity index (χ4n) is 4.46. The number of alkyl halides is 3. The molecular weight excluding hydrogens is 511 g/mol. The Bertz CT molecular complexity index is 1350. The second-order valence-corrected chi connectivity index (χ2v) is 10.6. The first-order valence-electron chi connectivity index (χ1n) is 11.4. The van der Waals surface area contributed by atoms with Gasteiger partial charge < -0.3 is 24.2 Å². The summed E-state index contributed by atoms with van der Waals surface area (Å²) in [4.78, 5) is 2.09. The first-order valence-corrected chi connectivity index (χ1v) is 12.9. The molecule has 0 spiro atoms. The standard InChI is InChI=1S/C25H24F3N3O5S/c1-29-37(33,17-12-10-16(11-13-17)36-25(26,27)28)30-18-14-34-15-21(24(18)32)31-19-6-2-4-8-22(19)35-23-9-5-3-7-20(23)31/h2-13,18,21,24,32H,14-15H2,1H3,(H,29,30,33)/t18-,21+,24+,37?/m0/s1. The second kappa shape index (κ2) is 9.86. The maximum atomic E-state index is 13.7. The Morgan fingerprint density at radius 3 is 2.16 bits per heavy atom. The molecule has 5 rings (SSSR count). The molecule has 2 N–H and O–H groups in total. The second-order valence-electron chi connectivity index (χ2n) is 8.45. The van der Waals surface area contributed by atoms with E-state index in [1.807, 2.05) is 53.4 Å². The van der Waals surface area contributed by atoms with E-state index < -0.39 is 40.2 Å². The van der Waals surface area contributed by atoms with E-state index in [1.165, 1.54) is 19.2 Å². The van der Waals surface area contributed by atoms with Gasteiger partial charge in [0.25, 0.3) is 0 Å². The van der Waals surface area contributed by atoms with E-state index >= 15 is 0 Å². The SMILES string of the molecule is CN=S(=O)(N[C@H]1COC[C@@H](N2c3ccccc3Oc3ccccc32)[C@@H]1O)c1ccc(OC(F)(F)F)cc1. The first-order chi connectivity index (χ1) is 17.7. The number of anilines is 2. The van der Waals surface area contributed by atoms with Crippen LogP contribution >= 0.6 is 0 Å². The molecule has 12 heteroatoms. The zero-order valence-corrected chi connectivity index (χ0v) is 20.4. The summed E-state index contributed by atoms with van der Waals surface area (Å²) in [5.74, 6) is 0.800. The lowest BCUT2D eigenvalue weighted by Gasteiger charge is -2.44. The number of fused-ring (bicyclic) bond motifs is 2. The molecule has 2 aliphatic rings. The number of hydrogen-bond acceptors (Lipinski definition) is 7. The predicted molar refractivity (Wildman–Crippen MR) is 131 cm³/mol. The zero-order chi connectivity index (χ0) is 26.2. The van der Waals surface area contributed by atoms with Gasteiger partial charge in [0.1, 0.15) is 15.7 Å². The molecule has 1 saturated heterocycles. The lowest BCUT2D eigenvalue weighted by Crippen LogP contribution is -2.60. The number of nitrogens with zero attached hydrogens (tertiary/aromatic N) is 2. The summed E-state index contributed by atoms with van der Waals surface area (Å²) in [6, 6.07) is 18.1. The van der Waals surface area contributed by atoms with Crippen molar-refractivity contribution in [2.75, 3.05) is 25.2 Å². The molecule has 1 fully saturated rings. The Morgan fingerprint density at radius 2 is 1.59 bits per heavy atom. The van der Waals surface area contributed by atoms with Crippen LogP contribution in [-0.2, 0) is 14.7 Å². The van der Waals surface area contributed by atoms with Gasteiger partial charge in [0.15, 0.2) is 11.5 Å². The Hall–Kier alpha value is -3.32. The minimum Gasteiger partial charge on any atom is -0.453 e. The van der Waals surface area contributed by atoms with Crippen LogP contribution in [0.4, 0.5) is 24.5 Å². The third-order valence-corrected chi connectivity index (χ3v) is 8.19. The third-order valence-electron chi connectivity index (χ3n) is 6.14. The van der Waals surface area contributed by atoms with Gasteiger partial charge in [0.2, 0.25) is 0 Å². The molecule has 3 aromatic rings. The quantitative estimate of drug-likeness (QED) is 0.496. The summed E-state index contributed by atoms with van der Waals surface area (Å²) >= 11 is 0. The Labute approximate surface area is 211 Å². The maximum absolute atomic E-state index is 13.7. The third kappa shape index (κ3) is 5.10. The lowest BCUT2D eigenvalue weighted by atomic mass is 9.98. The van der Waals surface area contributed by atoms with Crippen molar-refractivity contribution in [3.8, 4) is 17.2 Å². The highest BCUT2D eigenvalue weighted by molar-refractivity contribution is 7.91. The smallest absolute Gasteiger partial charge is 0.453 e. The van der Waals surface area contributed by atoms with E-state index in [4.69, 9.17) is 9.47 Å². The minimum atomic E-state index is -4.84. The average molecular weight is 536 g/mol. The maximum Gasteiger partial charge on any atom is 0.573 e. The fourth-order valence-corrected chi connectivity index (χ4v) is 6.03. The van der Waals surface area contributed by atoms with Crippen molar-refractivity contribution in [3.63, 3.8) is 0 Å². The first kappa shape index (κ1) is 25.3. The van der Waals surface area contributed by atoms with Gasteiger partial charge in [-0.25, -0.2) is 13.3 Å². The molecule has 0 bridgehead atoms. The summed E-state index contributed by atoms with van der Waals surface area (Å²) in [6.45, 7) is 0.239. The van der Waals surface area contributed by atoms with E-state index in [1.54, 1.807) is 0 Å². The van der Waals surface area contributed by atoms with Crippen LogP contribution in [0.2, 0.25) is 0 Å². The summed E-state index contributed by atoms with van der Waals surface area (Å²) in [5.41, 5.74) is 1.49.